The van der Waals surface area contributed by atoms with Crippen molar-refractivity contribution in [3.63, 3.8) is 0 Å². The molecule has 112 valence electrons. The first kappa shape index (κ1) is 16.8. The van der Waals surface area contributed by atoms with Crippen molar-refractivity contribution in [1.82, 2.24) is 0 Å². The highest BCUT2D eigenvalue weighted by molar-refractivity contribution is 4.81. The van der Waals surface area contributed by atoms with Crippen molar-refractivity contribution in [2.24, 2.45) is 0 Å². The van der Waals surface area contributed by atoms with Crippen molar-refractivity contribution in [3.8, 4) is 0 Å². The van der Waals surface area contributed by atoms with E-state index in [4.69, 9.17) is 4.74 Å². The Bertz CT molecular complexity index is 178. The molecule has 19 heavy (non-hydrogen) atoms. The summed E-state index contributed by atoms with van der Waals surface area (Å²) in [6.45, 7) is 1.98. The van der Waals surface area contributed by atoms with E-state index in [1.54, 1.807) is 0 Å². The van der Waals surface area contributed by atoms with E-state index in [0.29, 0.717) is 0 Å². The first-order valence-corrected chi connectivity index (χ1v) is 8.73. The predicted octanol–water partition coefficient (Wildman–Crippen LogP) is 6.03. The number of ether oxygens (including phenoxy) is 1. The molecule has 0 atom stereocenters. The van der Waals surface area contributed by atoms with Gasteiger partial charge in [-0.15, -0.1) is 0 Å². The van der Waals surface area contributed by atoms with Gasteiger partial charge in [0.1, 0.15) is 0 Å². The lowest BCUT2D eigenvalue weighted by Crippen LogP contribution is -1.97. The number of rotatable bonds is 0. The standard InChI is InChI=1S/C18H34O/c1-2-4-6-8-10-12-14-16-18-19-17-15-13-11-9-7-5-3-1/h1-2H,3-18H2/b2-1-. The molecule has 0 N–H and O–H groups in total. The Morgan fingerprint density at radius 2 is 0.789 bits per heavy atom. The fraction of sp³-hybridized carbons (Fsp3) is 0.889. The Balaban J connectivity index is 2.06. The van der Waals surface area contributed by atoms with Gasteiger partial charge < -0.3 is 4.74 Å². The molecule has 1 nitrogen and oxygen atoms in total. The average molecular weight is 266 g/mol. The summed E-state index contributed by atoms with van der Waals surface area (Å²) >= 11 is 0. The molecule has 0 fully saturated rings. The summed E-state index contributed by atoms with van der Waals surface area (Å²) in [6, 6.07) is 0. The number of allylic oxidation sites excluding steroid dienone is 2. The Morgan fingerprint density at radius 3 is 1.26 bits per heavy atom. The predicted molar refractivity (Wildman–Crippen MR) is 84.6 cm³/mol. The van der Waals surface area contributed by atoms with Gasteiger partial charge in [0.25, 0.3) is 0 Å². The van der Waals surface area contributed by atoms with Crippen LogP contribution in [-0.2, 0) is 4.74 Å². The SMILES string of the molecule is C1=C\CCCCCCCCOCCCCCCCC/1. The number of hydrogen-bond donors (Lipinski definition) is 0. The van der Waals surface area contributed by atoms with E-state index in [-0.39, 0.29) is 0 Å². The van der Waals surface area contributed by atoms with E-state index in [2.05, 4.69) is 12.2 Å². The molecular formula is C18H34O. The Labute approximate surface area is 120 Å². The molecule has 0 radical (unpaired) electrons. The van der Waals surface area contributed by atoms with E-state index in [1.807, 2.05) is 0 Å². The van der Waals surface area contributed by atoms with E-state index in [1.165, 1.54) is 89.9 Å². The summed E-state index contributed by atoms with van der Waals surface area (Å²) in [7, 11) is 0. The van der Waals surface area contributed by atoms with Gasteiger partial charge in [0.05, 0.1) is 0 Å². The van der Waals surface area contributed by atoms with Crippen LogP contribution >= 0.6 is 0 Å². The average Bonchev–Trinajstić information content (AvgIpc) is 2.43. The molecule has 0 aromatic carbocycles. The Morgan fingerprint density at radius 1 is 0.421 bits per heavy atom. The van der Waals surface area contributed by atoms with Gasteiger partial charge in [-0.3, -0.25) is 0 Å². The van der Waals surface area contributed by atoms with Crippen LogP contribution in [0.4, 0.5) is 0 Å². The molecule has 0 saturated carbocycles. The summed E-state index contributed by atoms with van der Waals surface area (Å²) in [6.07, 6.45) is 23.8. The zero-order chi connectivity index (χ0) is 13.4. The molecule has 1 aliphatic heterocycles. The fourth-order valence-electron chi connectivity index (χ4n) is 2.68. The summed E-state index contributed by atoms with van der Waals surface area (Å²) in [5.41, 5.74) is 0. The van der Waals surface area contributed by atoms with Crippen LogP contribution in [0.5, 0.6) is 0 Å². The van der Waals surface area contributed by atoms with Gasteiger partial charge in [0, 0.05) is 13.2 Å². The van der Waals surface area contributed by atoms with Crippen molar-refractivity contribution in [1.29, 1.82) is 0 Å². The van der Waals surface area contributed by atoms with Crippen LogP contribution in [0.1, 0.15) is 89.9 Å². The summed E-state index contributed by atoms with van der Waals surface area (Å²) in [5, 5.41) is 0. The van der Waals surface area contributed by atoms with Crippen molar-refractivity contribution < 1.29 is 4.74 Å². The van der Waals surface area contributed by atoms with Crippen molar-refractivity contribution >= 4 is 0 Å². The Kier molecular flexibility index (Phi) is 12.4. The molecule has 0 saturated heterocycles. The molecule has 0 aliphatic carbocycles. The monoisotopic (exact) mass is 266 g/mol. The molecule has 0 aromatic rings. The highest BCUT2D eigenvalue weighted by atomic mass is 16.5. The zero-order valence-electron chi connectivity index (χ0n) is 12.9. The van der Waals surface area contributed by atoms with E-state index >= 15 is 0 Å². The first-order chi connectivity index (χ1) is 9.50. The van der Waals surface area contributed by atoms with Gasteiger partial charge in [-0.05, 0) is 38.5 Å². The van der Waals surface area contributed by atoms with Crippen LogP contribution < -0.4 is 0 Å². The summed E-state index contributed by atoms with van der Waals surface area (Å²) < 4.78 is 5.69. The third-order valence-electron chi connectivity index (χ3n) is 3.99. The maximum Gasteiger partial charge on any atom is 0.0466 e. The first-order valence-electron chi connectivity index (χ1n) is 8.73. The highest BCUT2D eigenvalue weighted by Gasteiger charge is 1.94. The van der Waals surface area contributed by atoms with Gasteiger partial charge in [-0.25, -0.2) is 0 Å². The summed E-state index contributed by atoms with van der Waals surface area (Å²) in [4.78, 5) is 0. The van der Waals surface area contributed by atoms with Crippen LogP contribution in [-0.4, -0.2) is 13.2 Å². The van der Waals surface area contributed by atoms with Crippen LogP contribution in [0.2, 0.25) is 0 Å². The second-order valence-corrected chi connectivity index (χ2v) is 5.90. The molecule has 1 heterocycles. The second-order valence-electron chi connectivity index (χ2n) is 5.90. The quantitative estimate of drug-likeness (QED) is 0.486. The highest BCUT2D eigenvalue weighted by Crippen LogP contribution is 2.10. The zero-order valence-corrected chi connectivity index (χ0v) is 12.9. The third kappa shape index (κ3) is 12.5. The van der Waals surface area contributed by atoms with Crippen LogP contribution in [0.3, 0.4) is 0 Å². The van der Waals surface area contributed by atoms with Crippen molar-refractivity contribution in [3.05, 3.63) is 12.2 Å². The van der Waals surface area contributed by atoms with E-state index in [0.717, 1.165) is 13.2 Å². The second kappa shape index (κ2) is 14.1. The van der Waals surface area contributed by atoms with Gasteiger partial charge >= 0.3 is 0 Å². The van der Waals surface area contributed by atoms with Crippen molar-refractivity contribution in [2.45, 2.75) is 89.9 Å². The van der Waals surface area contributed by atoms with Gasteiger partial charge in [0.15, 0.2) is 0 Å². The van der Waals surface area contributed by atoms with Crippen LogP contribution in [0.15, 0.2) is 12.2 Å². The molecule has 0 bridgehead atoms. The minimum absolute atomic E-state index is 0.989. The maximum absolute atomic E-state index is 5.69. The molecule has 0 amide bonds. The summed E-state index contributed by atoms with van der Waals surface area (Å²) in [5.74, 6) is 0. The lowest BCUT2D eigenvalue weighted by atomic mass is 10.1. The van der Waals surface area contributed by atoms with Gasteiger partial charge in [-0.2, -0.15) is 0 Å². The van der Waals surface area contributed by atoms with E-state index < -0.39 is 0 Å². The molecule has 1 heteroatoms. The third-order valence-corrected chi connectivity index (χ3v) is 3.99. The molecule has 0 aromatic heterocycles. The van der Waals surface area contributed by atoms with E-state index in [9.17, 15) is 0 Å². The Hall–Kier alpha value is -0.300. The van der Waals surface area contributed by atoms with Gasteiger partial charge in [-0.1, -0.05) is 63.5 Å². The van der Waals surface area contributed by atoms with Crippen molar-refractivity contribution in [2.75, 3.05) is 13.2 Å². The lowest BCUT2D eigenvalue weighted by Gasteiger charge is -2.04. The van der Waals surface area contributed by atoms with Gasteiger partial charge in [0.2, 0.25) is 0 Å². The largest absolute Gasteiger partial charge is 0.381 e. The molecule has 0 spiro atoms. The van der Waals surface area contributed by atoms with Crippen LogP contribution in [0.25, 0.3) is 0 Å². The van der Waals surface area contributed by atoms with Crippen LogP contribution in [0, 0.1) is 0 Å². The molecule has 0 unspecified atom stereocenters. The fourth-order valence-corrected chi connectivity index (χ4v) is 2.68. The lowest BCUT2D eigenvalue weighted by molar-refractivity contribution is 0.125. The minimum atomic E-state index is 0.989. The normalized spacial score (nSPS) is 24.8. The molecular weight excluding hydrogens is 232 g/mol. The molecule has 1 rings (SSSR count). The topological polar surface area (TPSA) is 9.23 Å². The maximum atomic E-state index is 5.69. The smallest absolute Gasteiger partial charge is 0.0466 e. The minimum Gasteiger partial charge on any atom is -0.381 e. The molecule has 1 aliphatic rings. The number of hydrogen-bond acceptors (Lipinski definition) is 1.